The molecule has 0 spiro atoms. The Labute approximate surface area is 87.4 Å². The van der Waals surface area contributed by atoms with Crippen LogP contribution < -0.4 is 0 Å². The number of hydrogen-bond donors (Lipinski definition) is 0. The summed E-state index contributed by atoms with van der Waals surface area (Å²) >= 11 is 0. The molecule has 76 valence electrons. The minimum Gasteiger partial charge on any atom is -0.321 e. The molecule has 1 aromatic rings. The van der Waals surface area contributed by atoms with Crippen molar-refractivity contribution in [2.75, 3.05) is 6.54 Å². The molecule has 2 heterocycles. The third kappa shape index (κ3) is 1.79. The smallest absolute Gasteiger partial charge is 0.275 e. The molecule has 0 radical (unpaired) electrons. The molecule has 1 aliphatic heterocycles. The summed E-state index contributed by atoms with van der Waals surface area (Å²) in [6, 6.07) is 1.82. The van der Waals surface area contributed by atoms with Crippen LogP contribution in [0.1, 0.15) is 23.3 Å². The maximum atomic E-state index is 11.9. The molecule has 0 bridgehead atoms. The Morgan fingerprint density at radius 3 is 3.13 bits per heavy atom. The number of aromatic nitrogens is 2. The molecule has 1 aromatic heterocycles. The normalized spacial score (nSPS) is 19.9. The monoisotopic (exact) mass is 202 g/mol. The number of nitriles is 1. The van der Waals surface area contributed by atoms with Crippen LogP contribution in [-0.4, -0.2) is 33.4 Å². The number of carbonyl (C=O) groups is 1. The number of likely N-dealkylation sites (tertiary alicyclic amines) is 1. The molecule has 1 aliphatic rings. The van der Waals surface area contributed by atoms with Crippen LogP contribution >= 0.6 is 0 Å². The fourth-order valence-electron chi connectivity index (χ4n) is 1.70. The van der Waals surface area contributed by atoms with Gasteiger partial charge in [0.15, 0.2) is 0 Å². The first-order valence-corrected chi connectivity index (χ1v) is 4.79. The molecule has 5 heteroatoms. The first-order chi connectivity index (χ1) is 7.33. The van der Waals surface area contributed by atoms with Crippen LogP contribution in [-0.2, 0) is 0 Å². The van der Waals surface area contributed by atoms with Crippen LogP contribution in [0.15, 0.2) is 18.6 Å². The number of amides is 1. The molecule has 1 unspecified atom stereocenters. The fourth-order valence-corrected chi connectivity index (χ4v) is 1.70. The Hall–Kier alpha value is -1.96. The Balaban J connectivity index is 2.19. The van der Waals surface area contributed by atoms with Crippen molar-refractivity contribution in [2.45, 2.75) is 18.9 Å². The summed E-state index contributed by atoms with van der Waals surface area (Å²) in [6.45, 7) is 0.633. The molecule has 0 N–H and O–H groups in total. The molecule has 0 aliphatic carbocycles. The van der Waals surface area contributed by atoms with Crippen LogP contribution in [0.25, 0.3) is 0 Å². The summed E-state index contributed by atoms with van der Waals surface area (Å²) in [6.07, 6.45) is 6.05. The Morgan fingerprint density at radius 2 is 2.47 bits per heavy atom. The molecule has 15 heavy (non-hydrogen) atoms. The molecule has 1 atom stereocenters. The maximum absolute atomic E-state index is 11.9. The van der Waals surface area contributed by atoms with Gasteiger partial charge >= 0.3 is 0 Å². The topological polar surface area (TPSA) is 69.9 Å². The molecule has 2 rings (SSSR count). The van der Waals surface area contributed by atoms with Gasteiger partial charge in [-0.15, -0.1) is 0 Å². The van der Waals surface area contributed by atoms with Gasteiger partial charge in [-0.1, -0.05) is 0 Å². The molecule has 1 fully saturated rings. The highest BCUT2D eigenvalue weighted by Gasteiger charge is 2.29. The Kier molecular flexibility index (Phi) is 2.59. The van der Waals surface area contributed by atoms with E-state index in [4.69, 9.17) is 5.26 Å². The van der Waals surface area contributed by atoms with E-state index in [1.165, 1.54) is 18.6 Å². The van der Waals surface area contributed by atoms with E-state index < -0.39 is 0 Å². The van der Waals surface area contributed by atoms with Gasteiger partial charge in [0.1, 0.15) is 11.7 Å². The predicted octanol–water partition coefficient (Wildman–Crippen LogP) is 0.605. The van der Waals surface area contributed by atoms with Crippen molar-refractivity contribution in [3.63, 3.8) is 0 Å². The summed E-state index contributed by atoms with van der Waals surface area (Å²) < 4.78 is 0. The lowest BCUT2D eigenvalue weighted by molar-refractivity contribution is 0.0758. The van der Waals surface area contributed by atoms with Gasteiger partial charge in [0.2, 0.25) is 0 Å². The van der Waals surface area contributed by atoms with Crippen molar-refractivity contribution in [2.24, 2.45) is 0 Å². The van der Waals surface area contributed by atoms with Crippen molar-refractivity contribution in [3.05, 3.63) is 24.3 Å². The molecule has 1 amide bonds. The highest BCUT2D eigenvalue weighted by Crippen LogP contribution is 2.18. The third-order valence-corrected chi connectivity index (χ3v) is 2.44. The highest BCUT2D eigenvalue weighted by atomic mass is 16.2. The van der Waals surface area contributed by atoms with Crippen molar-refractivity contribution in [1.29, 1.82) is 5.26 Å². The van der Waals surface area contributed by atoms with Gasteiger partial charge in [0.05, 0.1) is 12.3 Å². The summed E-state index contributed by atoms with van der Waals surface area (Å²) in [5, 5.41) is 8.85. The first-order valence-electron chi connectivity index (χ1n) is 4.79. The largest absolute Gasteiger partial charge is 0.321 e. The third-order valence-electron chi connectivity index (χ3n) is 2.44. The van der Waals surface area contributed by atoms with Gasteiger partial charge in [-0.05, 0) is 12.8 Å². The summed E-state index contributed by atoms with van der Waals surface area (Å²) in [4.78, 5) is 21.2. The van der Waals surface area contributed by atoms with Crippen molar-refractivity contribution < 1.29 is 4.79 Å². The number of rotatable bonds is 1. The van der Waals surface area contributed by atoms with E-state index in [9.17, 15) is 4.79 Å². The molecule has 5 nitrogen and oxygen atoms in total. The minimum absolute atomic E-state index is 0.202. The second-order valence-electron chi connectivity index (χ2n) is 3.38. The zero-order valence-corrected chi connectivity index (χ0v) is 8.13. The van der Waals surface area contributed by atoms with Gasteiger partial charge in [-0.25, -0.2) is 4.98 Å². The van der Waals surface area contributed by atoms with Crippen LogP contribution in [0, 0.1) is 11.3 Å². The molecule has 1 saturated heterocycles. The van der Waals surface area contributed by atoms with E-state index in [-0.39, 0.29) is 11.9 Å². The average Bonchev–Trinajstić information content (AvgIpc) is 2.77. The van der Waals surface area contributed by atoms with E-state index in [0.29, 0.717) is 12.2 Å². The molecule has 0 saturated carbocycles. The second-order valence-corrected chi connectivity index (χ2v) is 3.38. The van der Waals surface area contributed by atoms with E-state index in [1.54, 1.807) is 4.90 Å². The summed E-state index contributed by atoms with van der Waals surface area (Å²) in [5.74, 6) is -0.202. The van der Waals surface area contributed by atoms with E-state index in [0.717, 1.165) is 12.8 Å². The first kappa shape index (κ1) is 9.59. The summed E-state index contributed by atoms with van der Waals surface area (Å²) in [5.41, 5.74) is 0.305. The van der Waals surface area contributed by atoms with Gasteiger partial charge < -0.3 is 4.90 Å². The lowest BCUT2D eigenvalue weighted by Gasteiger charge is -2.18. The van der Waals surface area contributed by atoms with E-state index in [1.807, 2.05) is 0 Å². The van der Waals surface area contributed by atoms with Gasteiger partial charge in [-0.3, -0.25) is 9.78 Å². The number of nitrogens with zero attached hydrogens (tertiary/aromatic N) is 4. The molecular weight excluding hydrogens is 192 g/mol. The SMILES string of the molecule is N#CC1CCCN1C(=O)c1cnccn1. The van der Waals surface area contributed by atoms with Gasteiger partial charge in [0.25, 0.3) is 5.91 Å². The molecule has 0 aromatic carbocycles. The highest BCUT2D eigenvalue weighted by molar-refractivity contribution is 5.92. The van der Waals surface area contributed by atoms with Gasteiger partial charge in [0, 0.05) is 18.9 Å². The second kappa shape index (κ2) is 4.05. The zero-order valence-electron chi connectivity index (χ0n) is 8.13. The van der Waals surface area contributed by atoms with Crippen LogP contribution in [0.2, 0.25) is 0 Å². The van der Waals surface area contributed by atoms with Crippen molar-refractivity contribution in [1.82, 2.24) is 14.9 Å². The Morgan fingerprint density at radius 1 is 1.60 bits per heavy atom. The van der Waals surface area contributed by atoms with Crippen LogP contribution in [0.5, 0.6) is 0 Å². The van der Waals surface area contributed by atoms with Crippen LogP contribution in [0.3, 0.4) is 0 Å². The van der Waals surface area contributed by atoms with Crippen molar-refractivity contribution >= 4 is 5.91 Å². The number of hydrogen-bond acceptors (Lipinski definition) is 4. The maximum Gasteiger partial charge on any atom is 0.275 e. The zero-order chi connectivity index (χ0) is 10.7. The molecular formula is C10H10N4O. The average molecular weight is 202 g/mol. The van der Waals surface area contributed by atoms with E-state index in [2.05, 4.69) is 16.0 Å². The van der Waals surface area contributed by atoms with Crippen molar-refractivity contribution in [3.8, 4) is 6.07 Å². The number of carbonyl (C=O) groups excluding carboxylic acids is 1. The predicted molar refractivity (Wildman–Crippen MR) is 51.7 cm³/mol. The fraction of sp³-hybridized carbons (Fsp3) is 0.400. The lowest BCUT2D eigenvalue weighted by Crippen LogP contribution is -2.35. The van der Waals surface area contributed by atoms with Crippen LogP contribution in [0.4, 0.5) is 0 Å². The Bertz CT molecular complexity index is 398. The summed E-state index contributed by atoms with van der Waals surface area (Å²) in [7, 11) is 0. The standard InChI is InChI=1S/C10H10N4O/c11-6-8-2-1-5-14(8)10(15)9-7-12-3-4-13-9/h3-4,7-8H,1-2,5H2. The van der Waals surface area contributed by atoms with E-state index >= 15 is 0 Å². The quantitative estimate of drug-likeness (QED) is 0.668. The lowest BCUT2D eigenvalue weighted by atomic mass is 10.2. The van der Waals surface area contributed by atoms with Gasteiger partial charge in [-0.2, -0.15) is 5.26 Å². The minimum atomic E-state index is -0.306.